The van der Waals surface area contributed by atoms with Crippen molar-refractivity contribution in [3.05, 3.63) is 59.8 Å². The van der Waals surface area contributed by atoms with Crippen LogP contribution in [-0.2, 0) is 19.7 Å². The molecule has 2 N–H and O–H groups in total. The lowest BCUT2D eigenvalue weighted by molar-refractivity contribution is 0.304. The van der Waals surface area contributed by atoms with E-state index in [9.17, 15) is 0 Å². The average Bonchev–Trinajstić information content (AvgIpc) is 2.98. The molecule has 0 radical (unpaired) electrons. The van der Waals surface area contributed by atoms with Crippen molar-refractivity contribution in [1.29, 1.82) is 0 Å². The molecule has 3 aromatic rings. The number of hydrogen-bond acceptors (Lipinski definition) is 3. The zero-order chi connectivity index (χ0) is 16.2. The summed E-state index contributed by atoms with van der Waals surface area (Å²) in [7, 11) is 1.66. The molecule has 0 aliphatic rings. The Labute approximate surface area is 136 Å². The molecule has 4 nitrogen and oxygen atoms in total. The van der Waals surface area contributed by atoms with Gasteiger partial charge in [0.15, 0.2) is 0 Å². The average molecular weight is 310 g/mol. The highest BCUT2D eigenvalue weighted by atomic mass is 16.5. The van der Waals surface area contributed by atoms with Crippen LogP contribution in [0.5, 0.6) is 11.5 Å². The summed E-state index contributed by atoms with van der Waals surface area (Å²) in [5, 5.41) is 1.21. The maximum absolute atomic E-state index is 5.95. The Morgan fingerprint density at radius 2 is 1.83 bits per heavy atom. The first-order valence-electron chi connectivity index (χ1n) is 7.83. The van der Waals surface area contributed by atoms with Gasteiger partial charge < -0.3 is 19.8 Å². The molecule has 0 fully saturated rings. The summed E-state index contributed by atoms with van der Waals surface area (Å²) in [5.41, 5.74) is 9.43. The van der Waals surface area contributed by atoms with Crippen LogP contribution in [0.25, 0.3) is 10.9 Å². The first-order chi connectivity index (χ1) is 11.3. The van der Waals surface area contributed by atoms with E-state index in [-0.39, 0.29) is 0 Å². The predicted molar refractivity (Wildman–Crippen MR) is 92.8 cm³/mol. The van der Waals surface area contributed by atoms with E-state index >= 15 is 0 Å². The first kappa shape index (κ1) is 15.4. The molecule has 0 saturated carbocycles. The number of aromatic nitrogens is 1. The highest BCUT2D eigenvalue weighted by molar-refractivity contribution is 5.86. The highest BCUT2D eigenvalue weighted by Gasteiger charge is 2.11. The fourth-order valence-corrected chi connectivity index (χ4v) is 2.89. The molecule has 0 amide bonds. The molecule has 0 unspecified atom stereocenters. The highest BCUT2D eigenvalue weighted by Crippen LogP contribution is 2.27. The molecule has 0 saturated heterocycles. The minimum absolute atomic E-state index is 0.519. The molecule has 0 spiro atoms. The molecule has 0 atom stereocenters. The fraction of sp³-hybridized carbons (Fsp3) is 0.263. The summed E-state index contributed by atoms with van der Waals surface area (Å²) < 4.78 is 13.4. The summed E-state index contributed by atoms with van der Waals surface area (Å²) in [6, 6.07) is 13.9. The molecule has 0 bridgehead atoms. The Hall–Kier alpha value is -2.46. The van der Waals surface area contributed by atoms with Crippen LogP contribution in [0.15, 0.2) is 48.7 Å². The molecule has 1 heterocycles. The van der Waals surface area contributed by atoms with Crippen LogP contribution >= 0.6 is 0 Å². The topological polar surface area (TPSA) is 49.4 Å². The third-order valence-electron chi connectivity index (χ3n) is 4.06. The van der Waals surface area contributed by atoms with E-state index in [1.54, 1.807) is 7.11 Å². The van der Waals surface area contributed by atoms with Crippen molar-refractivity contribution in [2.45, 2.75) is 26.6 Å². The molecule has 1 aromatic heterocycles. The predicted octanol–water partition coefficient (Wildman–Crippen LogP) is 3.71. The van der Waals surface area contributed by atoms with E-state index in [1.165, 1.54) is 16.5 Å². The van der Waals surface area contributed by atoms with Gasteiger partial charge in [0.2, 0.25) is 0 Å². The van der Waals surface area contributed by atoms with E-state index in [1.807, 2.05) is 24.3 Å². The maximum atomic E-state index is 5.95. The summed E-state index contributed by atoms with van der Waals surface area (Å²) in [5.74, 6) is 1.60. The molecule has 4 heteroatoms. The molecule has 0 aliphatic carbocycles. The summed E-state index contributed by atoms with van der Waals surface area (Å²) in [4.78, 5) is 0. The number of fused-ring (bicyclic) bond motifs is 1. The summed E-state index contributed by atoms with van der Waals surface area (Å²) in [6.07, 6.45) is 2.16. The Balaban J connectivity index is 1.91. The first-order valence-corrected chi connectivity index (χ1v) is 7.83. The van der Waals surface area contributed by atoms with Gasteiger partial charge >= 0.3 is 0 Å². The van der Waals surface area contributed by atoms with Gasteiger partial charge in [0.05, 0.1) is 12.6 Å². The van der Waals surface area contributed by atoms with E-state index < -0.39 is 0 Å². The molecule has 23 heavy (non-hydrogen) atoms. The number of hydrogen-bond donors (Lipinski definition) is 1. The van der Waals surface area contributed by atoms with Crippen LogP contribution in [0, 0.1) is 0 Å². The van der Waals surface area contributed by atoms with Crippen molar-refractivity contribution in [2.24, 2.45) is 5.73 Å². The fourth-order valence-electron chi connectivity index (χ4n) is 2.89. The zero-order valence-electron chi connectivity index (χ0n) is 13.6. The van der Waals surface area contributed by atoms with Gasteiger partial charge in [-0.05, 0) is 24.6 Å². The van der Waals surface area contributed by atoms with Gasteiger partial charge in [-0.2, -0.15) is 0 Å². The minimum atomic E-state index is 0.519. The Bertz CT molecular complexity index is 808. The lowest BCUT2D eigenvalue weighted by atomic mass is 10.1. The van der Waals surface area contributed by atoms with Crippen LogP contribution in [0.1, 0.15) is 18.1 Å². The van der Waals surface area contributed by atoms with E-state index in [0.717, 1.165) is 23.6 Å². The number of aryl methyl sites for hydroxylation is 1. The summed E-state index contributed by atoms with van der Waals surface area (Å²) in [6.45, 7) is 4.11. The number of ether oxygens (including phenoxy) is 2. The van der Waals surface area contributed by atoms with E-state index in [4.69, 9.17) is 15.2 Å². The smallest absolute Gasteiger partial charge is 0.123 e. The van der Waals surface area contributed by atoms with Crippen molar-refractivity contribution < 1.29 is 9.47 Å². The van der Waals surface area contributed by atoms with E-state index in [2.05, 4.69) is 35.9 Å². The molecule has 120 valence electrons. The molecule has 3 rings (SSSR count). The summed E-state index contributed by atoms with van der Waals surface area (Å²) >= 11 is 0. The van der Waals surface area contributed by atoms with Crippen LogP contribution in [0.4, 0.5) is 0 Å². The molecular formula is C19H22N2O2. The van der Waals surface area contributed by atoms with Crippen molar-refractivity contribution in [3.8, 4) is 11.5 Å². The van der Waals surface area contributed by atoms with Crippen molar-refractivity contribution in [1.82, 2.24) is 4.57 Å². The van der Waals surface area contributed by atoms with Gasteiger partial charge in [-0.15, -0.1) is 0 Å². The zero-order valence-corrected chi connectivity index (χ0v) is 13.6. The van der Waals surface area contributed by atoms with Gasteiger partial charge in [0.25, 0.3) is 0 Å². The number of benzene rings is 2. The van der Waals surface area contributed by atoms with Gasteiger partial charge in [-0.1, -0.05) is 24.3 Å². The third kappa shape index (κ3) is 3.03. The second kappa shape index (κ2) is 6.75. The Morgan fingerprint density at radius 1 is 1.04 bits per heavy atom. The second-order valence-electron chi connectivity index (χ2n) is 5.43. The van der Waals surface area contributed by atoms with E-state index in [0.29, 0.717) is 13.2 Å². The van der Waals surface area contributed by atoms with Crippen molar-refractivity contribution in [2.75, 3.05) is 7.11 Å². The normalized spacial score (nSPS) is 10.9. The van der Waals surface area contributed by atoms with Gasteiger partial charge in [-0.3, -0.25) is 0 Å². The SMILES string of the molecule is CCn1cc(COc2cccc(OC)c2)c2cccc(CN)c21. The van der Waals surface area contributed by atoms with Crippen molar-refractivity contribution in [3.63, 3.8) is 0 Å². The minimum Gasteiger partial charge on any atom is -0.497 e. The largest absolute Gasteiger partial charge is 0.497 e. The number of rotatable bonds is 6. The number of para-hydroxylation sites is 1. The monoisotopic (exact) mass is 310 g/mol. The van der Waals surface area contributed by atoms with Gasteiger partial charge in [0, 0.05) is 36.3 Å². The lowest BCUT2D eigenvalue weighted by Gasteiger charge is -2.07. The maximum Gasteiger partial charge on any atom is 0.123 e. The standard InChI is InChI=1S/C19H22N2O2/c1-3-21-12-15(18-9-4-6-14(11-20)19(18)21)13-23-17-8-5-7-16(10-17)22-2/h4-10,12H,3,11,13,20H2,1-2H3. The van der Waals surface area contributed by atoms with Gasteiger partial charge in [0.1, 0.15) is 18.1 Å². The number of nitrogens with zero attached hydrogens (tertiary/aromatic N) is 1. The van der Waals surface area contributed by atoms with Crippen LogP contribution in [-0.4, -0.2) is 11.7 Å². The molecular weight excluding hydrogens is 288 g/mol. The van der Waals surface area contributed by atoms with Crippen LogP contribution in [0.2, 0.25) is 0 Å². The Kier molecular flexibility index (Phi) is 4.53. The third-order valence-corrected chi connectivity index (χ3v) is 4.06. The Morgan fingerprint density at radius 3 is 2.57 bits per heavy atom. The van der Waals surface area contributed by atoms with Crippen molar-refractivity contribution >= 4 is 10.9 Å². The molecule has 0 aliphatic heterocycles. The van der Waals surface area contributed by atoms with Crippen LogP contribution < -0.4 is 15.2 Å². The van der Waals surface area contributed by atoms with Crippen LogP contribution in [0.3, 0.4) is 0 Å². The molecule has 2 aromatic carbocycles. The van der Waals surface area contributed by atoms with Gasteiger partial charge in [-0.25, -0.2) is 0 Å². The lowest BCUT2D eigenvalue weighted by Crippen LogP contribution is -2.00. The quantitative estimate of drug-likeness (QED) is 0.755. The number of nitrogens with two attached hydrogens (primary N) is 1. The second-order valence-corrected chi connectivity index (χ2v) is 5.43. The number of methoxy groups -OCH3 is 1.